The molecular weight excluding hydrogens is 239 g/mol. The van der Waals surface area contributed by atoms with Gasteiger partial charge in [0.1, 0.15) is 5.82 Å². The quantitative estimate of drug-likeness (QED) is 0.900. The maximum atomic E-state index is 13.8. The molecule has 0 radical (unpaired) electrons. The average molecular weight is 250 g/mol. The lowest BCUT2D eigenvalue weighted by atomic mass is 10.1. The molecule has 0 saturated carbocycles. The van der Waals surface area contributed by atoms with E-state index in [-0.39, 0.29) is 30.2 Å². The molecule has 0 aliphatic rings. The Morgan fingerprint density at radius 3 is 2.94 bits per heavy atom. The van der Waals surface area contributed by atoms with Gasteiger partial charge in [-0.2, -0.15) is 0 Å². The number of hydrogen-bond donors (Lipinski definition) is 1. The Bertz CT molecular complexity index is 580. The zero-order chi connectivity index (χ0) is 13.1. The third kappa shape index (κ3) is 2.53. The molecule has 0 atom stereocenters. The highest BCUT2D eigenvalue weighted by Gasteiger charge is 2.14. The molecule has 1 N–H and O–H groups in total. The number of hydrogen-bond acceptors (Lipinski definition) is 4. The predicted molar refractivity (Wildman–Crippen MR) is 60.4 cm³/mol. The number of aryl methyl sites for hydroxylation is 2. The van der Waals surface area contributed by atoms with Crippen LogP contribution >= 0.6 is 0 Å². The summed E-state index contributed by atoms with van der Waals surface area (Å²) in [6.45, 7) is 1.64. The third-order valence-electron chi connectivity index (χ3n) is 2.44. The van der Waals surface area contributed by atoms with Crippen LogP contribution in [0.15, 0.2) is 22.6 Å². The number of aromatic nitrogens is 2. The summed E-state index contributed by atoms with van der Waals surface area (Å²) in [6, 6.07) is 4.87. The van der Waals surface area contributed by atoms with Crippen molar-refractivity contribution >= 4 is 5.97 Å². The number of carboxylic acids is 1. The molecule has 1 aromatic carbocycles. The second kappa shape index (κ2) is 4.95. The van der Waals surface area contributed by atoms with Gasteiger partial charge in [-0.1, -0.05) is 12.1 Å². The van der Waals surface area contributed by atoms with Crippen molar-refractivity contribution in [3.63, 3.8) is 0 Å². The van der Waals surface area contributed by atoms with E-state index in [9.17, 15) is 9.18 Å². The van der Waals surface area contributed by atoms with Crippen LogP contribution in [0.4, 0.5) is 4.39 Å². The molecule has 0 fully saturated rings. The number of carboxylic acid groups (broad SMARTS) is 1. The normalized spacial score (nSPS) is 10.6. The maximum Gasteiger partial charge on any atom is 0.303 e. The van der Waals surface area contributed by atoms with Crippen molar-refractivity contribution in [1.29, 1.82) is 0 Å². The molecule has 0 amide bonds. The Morgan fingerprint density at radius 1 is 1.44 bits per heavy atom. The third-order valence-corrected chi connectivity index (χ3v) is 2.44. The number of halogens is 1. The van der Waals surface area contributed by atoms with E-state index in [0.717, 1.165) is 0 Å². The summed E-state index contributed by atoms with van der Waals surface area (Å²) in [5.74, 6) is -1.10. The molecule has 0 aliphatic carbocycles. The molecule has 0 bridgehead atoms. The summed E-state index contributed by atoms with van der Waals surface area (Å²) < 4.78 is 19.0. The van der Waals surface area contributed by atoms with Gasteiger partial charge < -0.3 is 9.52 Å². The van der Waals surface area contributed by atoms with Gasteiger partial charge in [0, 0.05) is 6.42 Å². The highest BCUT2D eigenvalue weighted by molar-refractivity contribution is 5.66. The smallest absolute Gasteiger partial charge is 0.303 e. The van der Waals surface area contributed by atoms with Gasteiger partial charge in [-0.3, -0.25) is 4.79 Å². The maximum absolute atomic E-state index is 13.8. The van der Waals surface area contributed by atoms with E-state index in [1.54, 1.807) is 19.1 Å². The van der Waals surface area contributed by atoms with E-state index >= 15 is 0 Å². The van der Waals surface area contributed by atoms with E-state index in [4.69, 9.17) is 9.52 Å². The Labute approximate surface area is 102 Å². The van der Waals surface area contributed by atoms with E-state index in [1.165, 1.54) is 6.07 Å². The summed E-state index contributed by atoms with van der Waals surface area (Å²) in [7, 11) is 0. The minimum atomic E-state index is -0.948. The van der Waals surface area contributed by atoms with Gasteiger partial charge in [0.2, 0.25) is 5.89 Å². The lowest BCUT2D eigenvalue weighted by Gasteiger charge is -1.99. The van der Waals surface area contributed by atoms with Crippen LogP contribution in [0, 0.1) is 12.7 Å². The molecule has 2 rings (SSSR count). The highest BCUT2D eigenvalue weighted by Crippen LogP contribution is 2.23. The van der Waals surface area contributed by atoms with Crippen LogP contribution in [0.25, 0.3) is 11.5 Å². The number of aliphatic carboxylic acids is 1. The van der Waals surface area contributed by atoms with Crippen molar-refractivity contribution in [1.82, 2.24) is 10.2 Å². The van der Waals surface area contributed by atoms with Crippen LogP contribution in [0.3, 0.4) is 0 Å². The summed E-state index contributed by atoms with van der Waals surface area (Å²) in [5.41, 5.74) is 0.710. The molecule has 18 heavy (non-hydrogen) atoms. The van der Waals surface area contributed by atoms with Crippen molar-refractivity contribution < 1.29 is 18.7 Å². The van der Waals surface area contributed by atoms with Gasteiger partial charge in [-0.15, -0.1) is 10.2 Å². The number of carbonyl (C=O) groups is 1. The molecule has 5 nitrogen and oxygen atoms in total. The largest absolute Gasteiger partial charge is 0.481 e. The zero-order valence-electron chi connectivity index (χ0n) is 9.68. The Kier molecular flexibility index (Phi) is 3.36. The molecular formula is C12H11FN2O3. The van der Waals surface area contributed by atoms with Gasteiger partial charge in [0.05, 0.1) is 12.0 Å². The number of nitrogens with zero attached hydrogens (tertiary/aromatic N) is 2. The van der Waals surface area contributed by atoms with E-state index < -0.39 is 11.8 Å². The Hall–Kier alpha value is -2.24. The Balaban J connectivity index is 2.24. The molecule has 2 aromatic rings. The van der Waals surface area contributed by atoms with E-state index in [1.807, 2.05) is 0 Å². The fourth-order valence-corrected chi connectivity index (χ4v) is 1.49. The molecule has 0 aliphatic heterocycles. The van der Waals surface area contributed by atoms with Crippen molar-refractivity contribution in [3.8, 4) is 11.5 Å². The first kappa shape index (κ1) is 12.2. The first-order valence-corrected chi connectivity index (χ1v) is 5.37. The molecule has 6 heteroatoms. The summed E-state index contributed by atoms with van der Waals surface area (Å²) in [6.07, 6.45) is 0.0354. The standard InChI is InChI=1S/C12H11FN2O3/c1-7-3-2-4-8(11(7)13)12-15-14-9(18-12)5-6-10(16)17/h2-4H,5-6H2,1H3,(H,16,17). The average Bonchev–Trinajstić information content (AvgIpc) is 2.78. The first-order chi connectivity index (χ1) is 8.58. The van der Waals surface area contributed by atoms with E-state index in [0.29, 0.717) is 5.56 Å². The van der Waals surface area contributed by atoms with Crippen LogP contribution in [-0.2, 0) is 11.2 Å². The van der Waals surface area contributed by atoms with Gasteiger partial charge in [-0.25, -0.2) is 4.39 Å². The summed E-state index contributed by atoms with van der Waals surface area (Å²) >= 11 is 0. The van der Waals surface area contributed by atoms with Gasteiger partial charge in [0.15, 0.2) is 0 Å². The van der Waals surface area contributed by atoms with Crippen LogP contribution in [0.5, 0.6) is 0 Å². The van der Waals surface area contributed by atoms with Crippen LogP contribution in [0.1, 0.15) is 17.9 Å². The fraction of sp³-hybridized carbons (Fsp3) is 0.250. The number of benzene rings is 1. The molecule has 94 valence electrons. The second-order valence-electron chi connectivity index (χ2n) is 3.83. The zero-order valence-corrected chi connectivity index (χ0v) is 9.68. The highest BCUT2D eigenvalue weighted by atomic mass is 19.1. The van der Waals surface area contributed by atoms with Crippen LogP contribution in [0.2, 0.25) is 0 Å². The molecule has 0 saturated heterocycles. The number of rotatable bonds is 4. The lowest BCUT2D eigenvalue weighted by molar-refractivity contribution is -0.137. The van der Waals surface area contributed by atoms with Crippen molar-refractivity contribution in [2.75, 3.05) is 0 Å². The van der Waals surface area contributed by atoms with Crippen molar-refractivity contribution in [3.05, 3.63) is 35.5 Å². The van der Waals surface area contributed by atoms with Crippen LogP contribution < -0.4 is 0 Å². The van der Waals surface area contributed by atoms with Gasteiger partial charge >= 0.3 is 5.97 Å². The minimum Gasteiger partial charge on any atom is -0.481 e. The molecule has 1 heterocycles. The van der Waals surface area contributed by atoms with Crippen LogP contribution in [-0.4, -0.2) is 21.3 Å². The van der Waals surface area contributed by atoms with Crippen molar-refractivity contribution in [2.24, 2.45) is 0 Å². The second-order valence-corrected chi connectivity index (χ2v) is 3.83. The lowest BCUT2D eigenvalue weighted by Crippen LogP contribution is -1.97. The topological polar surface area (TPSA) is 76.2 Å². The molecule has 0 spiro atoms. The summed E-state index contributed by atoms with van der Waals surface area (Å²) in [4.78, 5) is 10.4. The van der Waals surface area contributed by atoms with Gasteiger partial charge in [0.25, 0.3) is 5.89 Å². The first-order valence-electron chi connectivity index (χ1n) is 5.37. The van der Waals surface area contributed by atoms with Crippen molar-refractivity contribution in [2.45, 2.75) is 19.8 Å². The van der Waals surface area contributed by atoms with Gasteiger partial charge in [-0.05, 0) is 18.6 Å². The Morgan fingerprint density at radius 2 is 2.22 bits per heavy atom. The SMILES string of the molecule is Cc1cccc(-c2nnc(CCC(=O)O)o2)c1F. The fourth-order valence-electron chi connectivity index (χ4n) is 1.49. The van der Waals surface area contributed by atoms with E-state index in [2.05, 4.69) is 10.2 Å². The molecule has 1 aromatic heterocycles. The molecule has 0 unspecified atom stereocenters. The monoisotopic (exact) mass is 250 g/mol. The summed E-state index contributed by atoms with van der Waals surface area (Å²) in [5, 5.41) is 15.9. The predicted octanol–water partition coefficient (Wildman–Crippen LogP) is 2.20. The minimum absolute atomic E-state index is 0.0663.